The van der Waals surface area contributed by atoms with Crippen LogP contribution >= 0.6 is 23.4 Å². The summed E-state index contributed by atoms with van der Waals surface area (Å²) >= 11 is 6.97. The molecule has 100 valence electrons. The van der Waals surface area contributed by atoms with E-state index in [9.17, 15) is 9.59 Å². The van der Waals surface area contributed by atoms with E-state index in [0.29, 0.717) is 10.7 Å². The number of nitrogens with two attached hydrogens (primary N) is 1. The third-order valence-electron chi connectivity index (χ3n) is 2.61. The van der Waals surface area contributed by atoms with Crippen LogP contribution in [0.25, 0.3) is 0 Å². The van der Waals surface area contributed by atoms with Crippen LogP contribution in [0.4, 0.5) is 5.69 Å². The predicted octanol–water partition coefficient (Wildman–Crippen LogP) is 1.93. The summed E-state index contributed by atoms with van der Waals surface area (Å²) in [6.45, 7) is 1.86. The van der Waals surface area contributed by atoms with Gasteiger partial charge >= 0.3 is 0 Å². The molecule has 1 atom stereocenters. The number of nitrogens with one attached hydrogen (secondary N) is 1. The average molecular weight is 298 g/mol. The molecule has 0 radical (unpaired) electrons. The summed E-state index contributed by atoms with van der Waals surface area (Å²) in [4.78, 5) is 26.9. The summed E-state index contributed by atoms with van der Waals surface area (Å²) in [6, 6.07) is 5.23. The zero-order valence-corrected chi connectivity index (χ0v) is 11.7. The van der Waals surface area contributed by atoms with Gasteiger partial charge in [0.25, 0.3) is 0 Å². The van der Waals surface area contributed by atoms with Gasteiger partial charge in [0.15, 0.2) is 5.17 Å². The van der Waals surface area contributed by atoms with E-state index in [4.69, 9.17) is 17.3 Å². The first-order valence-electron chi connectivity index (χ1n) is 5.56. The number of carbonyl (C=O) groups excluding carboxylic acids is 2. The quantitative estimate of drug-likeness (QED) is 0.873. The normalized spacial score (nSPS) is 18.9. The lowest BCUT2D eigenvalue weighted by Gasteiger charge is -2.18. The second kappa shape index (κ2) is 5.63. The molecule has 1 heterocycles. The Morgan fingerprint density at radius 1 is 1.58 bits per heavy atom. The Morgan fingerprint density at radius 3 is 3.00 bits per heavy atom. The van der Waals surface area contributed by atoms with Crippen molar-refractivity contribution >= 4 is 46.0 Å². The summed E-state index contributed by atoms with van der Waals surface area (Å²) in [6.07, 6.45) is 0.0524. The third-order valence-corrected chi connectivity index (χ3v) is 3.84. The number of carbonyl (C=O) groups is 2. The Labute approximate surface area is 119 Å². The topological polar surface area (TPSA) is 84.5 Å². The fourth-order valence-corrected chi connectivity index (χ4v) is 2.64. The van der Waals surface area contributed by atoms with E-state index in [2.05, 4.69) is 10.3 Å². The van der Waals surface area contributed by atoms with Crippen molar-refractivity contribution in [1.29, 1.82) is 0 Å². The van der Waals surface area contributed by atoms with Crippen LogP contribution in [0.15, 0.2) is 23.2 Å². The summed E-state index contributed by atoms with van der Waals surface area (Å²) in [7, 11) is 0. The highest BCUT2D eigenvalue weighted by Crippen LogP contribution is 2.24. The van der Waals surface area contributed by atoms with Crippen LogP contribution in [0.3, 0.4) is 0 Å². The molecular weight excluding hydrogens is 286 g/mol. The van der Waals surface area contributed by atoms with E-state index in [1.54, 1.807) is 12.1 Å². The molecular formula is C12H12ClN3O2S. The molecule has 0 aliphatic carbocycles. The second-order valence-electron chi connectivity index (χ2n) is 4.10. The average Bonchev–Trinajstić information content (AvgIpc) is 2.32. The molecule has 0 fully saturated rings. The molecule has 5 nitrogen and oxygen atoms in total. The summed E-state index contributed by atoms with van der Waals surface area (Å²) in [5.74, 6) is -0.652. The first-order chi connectivity index (χ1) is 8.95. The number of amides is 2. The van der Waals surface area contributed by atoms with Crippen LogP contribution in [-0.2, 0) is 9.59 Å². The monoisotopic (exact) mass is 297 g/mol. The van der Waals surface area contributed by atoms with E-state index in [1.165, 1.54) is 0 Å². The standard InChI is InChI=1S/C12H12ClN3O2S/c1-6-2-3-7(13)4-8(6)15-11(18)9-5-10(17)16-12(14)19-9/h2-4,9H,5H2,1H3,(H,15,18)(H2,14,16,17). The molecule has 0 saturated heterocycles. The minimum absolute atomic E-state index is 0.0524. The molecule has 19 heavy (non-hydrogen) atoms. The van der Waals surface area contributed by atoms with Crippen LogP contribution in [-0.4, -0.2) is 22.2 Å². The molecule has 1 aliphatic rings. The van der Waals surface area contributed by atoms with Gasteiger partial charge in [-0.3, -0.25) is 9.59 Å². The fraction of sp³-hybridized carbons (Fsp3) is 0.250. The number of aryl methyl sites for hydroxylation is 1. The van der Waals surface area contributed by atoms with Crippen LogP contribution < -0.4 is 11.1 Å². The zero-order valence-electron chi connectivity index (χ0n) is 10.1. The van der Waals surface area contributed by atoms with Crippen molar-refractivity contribution < 1.29 is 9.59 Å². The summed E-state index contributed by atoms with van der Waals surface area (Å²) in [5, 5.41) is 2.86. The molecule has 0 saturated carbocycles. The molecule has 0 aromatic heterocycles. The molecule has 7 heteroatoms. The highest BCUT2D eigenvalue weighted by atomic mass is 35.5. The number of hydrogen-bond donors (Lipinski definition) is 2. The minimum Gasteiger partial charge on any atom is -0.378 e. The SMILES string of the molecule is Cc1ccc(Cl)cc1NC(=O)C1CC(=O)N=C(N)S1. The van der Waals surface area contributed by atoms with Crippen molar-refractivity contribution in [3.63, 3.8) is 0 Å². The third kappa shape index (κ3) is 3.48. The van der Waals surface area contributed by atoms with E-state index >= 15 is 0 Å². The van der Waals surface area contributed by atoms with Crippen molar-refractivity contribution in [2.75, 3.05) is 5.32 Å². The molecule has 1 aromatic rings. The number of aliphatic imine (C=N–C) groups is 1. The first kappa shape index (κ1) is 13.9. The van der Waals surface area contributed by atoms with Gasteiger partial charge in [0.1, 0.15) is 5.25 Å². The van der Waals surface area contributed by atoms with Crippen LogP contribution in [0.5, 0.6) is 0 Å². The van der Waals surface area contributed by atoms with Crippen molar-refractivity contribution in [3.8, 4) is 0 Å². The first-order valence-corrected chi connectivity index (χ1v) is 6.82. The summed E-state index contributed by atoms with van der Waals surface area (Å²) < 4.78 is 0. The maximum atomic E-state index is 12.1. The van der Waals surface area contributed by atoms with E-state index in [-0.39, 0.29) is 23.4 Å². The lowest BCUT2D eigenvalue weighted by molar-refractivity contribution is -0.121. The highest BCUT2D eigenvalue weighted by molar-refractivity contribution is 8.15. The van der Waals surface area contributed by atoms with E-state index in [0.717, 1.165) is 17.3 Å². The van der Waals surface area contributed by atoms with E-state index < -0.39 is 5.25 Å². The van der Waals surface area contributed by atoms with Crippen molar-refractivity contribution in [2.45, 2.75) is 18.6 Å². The van der Waals surface area contributed by atoms with Gasteiger partial charge in [-0.2, -0.15) is 4.99 Å². The molecule has 2 amide bonds. The van der Waals surface area contributed by atoms with Gasteiger partial charge in [0.2, 0.25) is 11.8 Å². The maximum Gasteiger partial charge on any atom is 0.249 e. The van der Waals surface area contributed by atoms with Gasteiger partial charge in [0.05, 0.1) is 6.42 Å². The Balaban J connectivity index is 2.11. The number of nitrogens with zero attached hydrogens (tertiary/aromatic N) is 1. The highest BCUT2D eigenvalue weighted by Gasteiger charge is 2.28. The van der Waals surface area contributed by atoms with Gasteiger partial charge in [-0.15, -0.1) is 0 Å². The molecule has 3 N–H and O–H groups in total. The Morgan fingerprint density at radius 2 is 2.32 bits per heavy atom. The van der Waals surface area contributed by atoms with E-state index in [1.807, 2.05) is 13.0 Å². The van der Waals surface area contributed by atoms with Crippen molar-refractivity contribution in [1.82, 2.24) is 0 Å². The maximum absolute atomic E-state index is 12.1. The fourth-order valence-electron chi connectivity index (χ4n) is 1.63. The molecule has 0 bridgehead atoms. The Bertz CT molecular complexity index is 574. The zero-order chi connectivity index (χ0) is 14.0. The summed E-state index contributed by atoms with van der Waals surface area (Å²) in [5.41, 5.74) is 7.02. The Hall–Kier alpha value is -1.53. The largest absolute Gasteiger partial charge is 0.378 e. The van der Waals surface area contributed by atoms with Gasteiger partial charge < -0.3 is 11.1 Å². The molecule has 1 aliphatic heterocycles. The van der Waals surface area contributed by atoms with Crippen LogP contribution in [0.1, 0.15) is 12.0 Å². The van der Waals surface area contributed by atoms with Gasteiger partial charge in [0, 0.05) is 10.7 Å². The number of hydrogen-bond acceptors (Lipinski definition) is 4. The lowest BCUT2D eigenvalue weighted by Crippen LogP contribution is -2.33. The van der Waals surface area contributed by atoms with Crippen molar-refractivity contribution in [3.05, 3.63) is 28.8 Å². The van der Waals surface area contributed by atoms with Crippen LogP contribution in [0.2, 0.25) is 5.02 Å². The van der Waals surface area contributed by atoms with Gasteiger partial charge in [-0.05, 0) is 24.6 Å². The predicted molar refractivity (Wildman–Crippen MR) is 77.4 cm³/mol. The molecule has 1 aromatic carbocycles. The van der Waals surface area contributed by atoms with Gasteiger partial charge in [-0.1, -0.05) is 29.4 Å². The second-order valence-corrected chi connectivity index (χ2v) is 5.76. The van der Waals surface area contributed by atoms with Gasteiger partial charge in [-0.25, -0.2) is 0 Å². The Kier molecular flexibility index (Phi) is 4.11. The molecule has 0 spiro atoms. The van der Waals surface area contributed by atoms with Crippen molar-refractivity contribution in [2.24, 2.45) is 10.7 Å². The number of anilines is 1. The molecule has 2 rings (SSSR count). The van der Waals surface area contributed by atoms with Crippen LogP contribution in [0, 0.1) is 6.92 Å². The lowest BCUT2D eigenvalue weighted by atomic mass is 10.2. The smallest absolute Gasteiger partial charge is 0.249 e. The molecule has 1 unspecified atom stereocenters. The number of rotatable bonds is 2. The number of benzene rings is 1. The number of amidine groups is 1. The minimum atomic E-state index is -0.552. The number of thioether (sulfide) groups is 1. The number of halogens is 1.